The van der Waals surface area contributed by atoms with Gasteiger partial charge in [0.15, 0.2) is 5.75 Å². The number of aliphatic carboxylic acids is 1. The molecule has 9 nitrogen and oxygen atoms in total. The fourth-order valence-corrected chi connectivity index (χ4v) is 5.30. The highest BCUT2D eigenvalue weighted by molar-refractivity contribution is 5.94. The van der Waals surface area contributed by atoms with E-state index in [1.54, 1.807) is 19.3 Å². The number of carboxylic acids is 1. The van der Waals surface area contributed by atoms with Crippen molar-refractivity contribution in [3.05, 3.63) is 70.7 Å². The fraction of sp³-hybridized carbons (Fsp3) is 0.423. The molecular weight excluding hydrogens is 521 g/mol. The van der Waals surface area contributed by atoms with Gasteiger partial charge < -0.3 is 24.9 Å². The van der Waals surface area contributed by atoms with E-state index in [-0.39, 0.29) is 43.4 Å². The first-order chi connectivity index (χ1) is 16.8. The number of carbonyl (C=O) groups is 2. The normalized spacial score (nSPS) is 22.2. The standard InChI is InChI=1S/C26H31N3O6.2ClH/c1-16-21(24(30)33-4)22(20-9-5-8-19-15-34-35-23(19)20)26(25(31)32,17(2)28-16)10-12-29(3)14-18-7-6-11-27-13-18;;/h5-9,11,13,17,22,28H,10,12,14-15H2,1-4H3,(H,31,32);2*1H. The maximum absolute atomic E-state index is 13.2. The number of aromatic nitrogens is 1. The number of halogens is 2. The molecule has 0 bridgehead atoms. The molecule has 0 saturated carbocycles. The molecular formula is C26H33Cl2N3O6. The number of pyridine rings is 1. The van der Waals surface area contributed by atoms with E-state index >= 15 is 0 Å². The molecule has 0 radical (unpaired) electrons. The number of hydrogen-bond acceptors (Lipinski definition) is 8. The lowest BCUT2D eigenvalue weighted by Gasteiger charge is -2.47. The van der Waals surface area contributed by atoms with Crippen molar-refractivity contribution in [3.8, 4) is 5.75 Å². The van der Waals surface area contributed by atoms with Gasteiger partial charge in [0, 0.05) is 47.7 Å². The molecule has 11 heteroatoms. The number of hydrogen-bond donors (Lipinski definition) is 2. The molecule has 0 amide bonds. The number of ether oxygens (including phenoxy) is 1. The van der Waals surface area contributed by atoms with Crippen LogP contribution in [0.2, 0.25) is 0 Å². The number of esters is 1. The van der Waals surface area contributed by atoms with Crippen LogP contribution in [0, 0.1) is 5.41 Å². The van der Waals surface area contributed by atoms with Crippen LogP contribution >= 0.6 is 24.8 Å². The number of fused-ring (bicyclic) bond motifs is 1. The van der Waals surface area contributed by atoms with Crippen molar-refractivity contribution in [2.24, 2.45) is 5.41 Å². The van der Waals surface area contributed by atoms with Gasteiger partial charge in [-0.15, -0.1) is 24.8 Å². The summed E-state index contributed by atoms with van der Waals surface area (Å²) in [5.74, 6) is -1.91. The Labute approximate surface area is 228 Å². The second-order valence-electron chi connectivity index (χ2n) is 9.20. The van der Waals surface area contributed by atoms with Crippen LogP contribution in [-0.2, 0) is 32.4 Å². The Hall–Kier alpha value is -2.85. The third kappa shape index (κ3) is 5.70. The average molecular weight is 554 g/mol. The third-order valence-corrected chi connectivity index (χ3v) is 7.09. The number of rotatable bonds is 8. The minimum absolute atomic E-state index is 0. The van der Waals surface area contributed by atoms with Crippen LogP contribution < -0.4 is 10.2 Å². The van der Waals surface area contributed by atoms with E-state index in [1.165, 1.54) is 7.11 Å². The van der Waals surface area contributed by atoms with E-state index in [0.29, 0.717) is 30.1 Å². The van der Waals surface area contributed by atoms with Crippen LogP contribution in [0.1, 0.15) is 42.9 Å². The van der Waals surface area contributed by atoms with Crippen molar-refractivity contribution < 1.29 is 29.2 Å². The summed E-state index contributed by atoms with van der Waals surface area (Å²) in [5.41, 5.74) is 1.95. The van der Waals surface area contributed by atoms with Gasteiger partial charge in [-0.05, 0) is 45.5 Å². The predicted octanol–water partition coefficient (Wildman–Crippen LogP) is 3.86. The highest BCUT2D eigenvalue weighted by Crippen LogP contribution is 2.53. The molecule has 3 atom stereocenters. The third-order valence-electron chi connectivity index (χ3n) is 7.09. The highest BCUT2D eigenvalue weighted by atomic mass is 35.5. The smallest absolute Gasteiger partial charge is 0.336 e. The summed E-state index contributed by atoms with van der Waals surface area (Å²) in [6.07, 6.45) is 3.79. The zero-order chi connectivity index (χ0) is 25.2. The van der Waals surface area contributed by atoms with Gasteiger partial charge in [0.05, 0.1) is 12.7 Å². The second-order valence-corrected chi connectivity index (χ2v) is 9.20. The molecule has 0 spiro atoms. The van der Waals surface area contributed by atoms with E-state index in [2.05, 4.69) is 15.2 Å². The second kappa shape index (κ2) is 12.6. The van der Waals surface area contributed by atoms with Crippen molar-refractivity contribution in [1.82, 2.24) is 15.2 Å². The van der Waals surface area contributed by atoms with Gasteiger partial charge >= 0.3 is 11.9 Å². The van der Waals surface area contributed by atoms with Crippen molar-refractivity contribution in [2.45, 2.75) is 45.4 Å². The lowest BCUT2D eigenvalue weighted by molar-refractivity contribution is -0.195. The van der Waals surface area contributed by atoms with Crippen LogP contribution in [0.4, 0.5) is 0 Å². The topological polar surface area (TPSA) is 110 Å². The molecule has 2 aliphatic rings. The average Bonchev–Trinajstić information content (AvgIpc) is 3.32. The Morgan fingerprint density at radius 2 is 2.03 bits per heavy atom. The summed E-state index contributed by atoms with van der Waals surface area (Å²) in [6.45, 7) is 4.97. The Morgan fingerprint density at radius 3 is 2.68 bits per heavy atom. The maximum atomic E-state index is 13.2. The monoisotopic (exact) mass is 553 g/mol. The Balaban J connectivity index is 0.00000241. The fourth-order valence-electron chi connectivity index (χ4n) is 5.30. The Bertz CT molecular complexity index is 1150. The molecule has 2 aliphatic heterocycles. The van der Waals surface area contributed by atoms with Crippen molar-refractivity contribution in [1.29, 1.82) is 0 Å². The first kappa shape index (κ1) is 30.4. The molecule has 0 fully saturated rings. The van der Waals surface area contributed by atoms with Crippen molar-refractivity contribution in [2.75, 3.05) is 20.7 Å². The highest BCUT2D eigenvalue weighted by Gasteiger charge is 2.57. The maximum Gasteiger partial charge on any atom is 0.336 e. The molecule has 0 saturated heterocycles. The summed E-state index contributed by atoms with van der Waals surface area (Å²) in [4.78, 5) is 43.2. The summed E-state index contributed by atoms with van der Waals surface area (Å²) in [5, 5.41) is 14.0. The molecule has 4 rings (SSSR count). The molecule has 1 aromatic heterocycles. The first-order valence-corrected chi connectivity index (χ1v) is 11.6. The summed E-state index contributed by atoms with van der Waals surface area (Å²) >= 11 is 0. The van der Waals surface area contributed by atoms with E-state index in [4.69, 9.17) is 14.5 Å². The number of carbonyl (C=O) groups excluding carboxylic acids is 1. The largest absolute Gasteiger partial charge is 0.481 e. The minimum Gasteiger partial charge on any atom is -0.481 e. The zero-order valence-electron chi connectivity index (χ0n) is 21.2. The van der Waals surface area contributed by atoms with Crippen LogP contribution in [0.3, 0.4) is 0 Å². The molecule has 2 aromatic rings. The summed E-state index contributed by atoms with van der Waals surface area (Å²) in [7, 11) is 3.24. The van der Waals surface area contributed by atoms with Crippen molar-refractivity contribution >= 4 is 36.8 Å². The van der Waals surface area contributed by atoms with Gasteiger partial charge in [0.2, 0.25) is 0 Å². The SMILES string of the molecule is COC(=O)C1=C(C)NC(C)C(CCN(C)Cc2cccnc2)(C(=O)O)C1c1cccc2c1OOC2.Cl.Cl. The van der Waals surface area contributed by atoms with Crippen molar-refractivity contribution in [3.63, 3.8) is 0 Å². The van der Waals surface area contributed by atoms with Gasteiger partial charge in [-0.1, -0.05) is 24.3 Å². The van der Waals surface area contributed by atoms with Crippen LogP contribution in [0.15, 0.2) is 54.0 Å². The number of benzene rings is 1. The number of nitrogens with zero attached hydrogens (tertiary/aromatic N) is 2. The van der Waals surface area contributed by atoms with Gasteiger partial charge in [0.1, 0.15) is 12.0 Å². The van der Waals surface area contributed by atoms with Gasteiger partial charge in [-0.2, -0.15) is 4.89 Å². The molecule has 2 N–H and O–H groups in total. The number of methoxy groups -OCH3 is 1. The molecule has 202 valence electrons. The lowest BCUT2D eigenvalue weighted by Crippen LogP contribution is -2.57. The van der Waals surface area contributed by atoms with E-state index in [9.17, 15) is 14.7 Å². The Morgan fingerprint density at radius 1 is 1.27 bits per heavy atom. The van der Waals surface area contributed by atoms with Gasteiger partial charge in [-0.3, -0.25) is 9.78 Å². The van der Waals surface area contributed by atoms with Gasteiger partial charge in [0.25, 0.3) is 0 Å². The van der Waals surface area contributed by atoms with Crippen LogP contribution in [0.25, 0.3) is 0 Å². The van der Waals surface area contributed by atoms with E-state index in [1.807, 2.05) is 44.3 Å². The zero-order valence-corrected chi connectivity index (χ0v) is 22.9. The Kier molecular flexibility index (Phi) is 10.3. The number of para-hydroxylation sites is 1. The summed E-state index contributed by atoms with van der Waals surface area (Å²) < 4.78 is 5.12. The molecule has 3 heterocycles. The molecule has 0 aliphatic carbocycles. The lowest BCUT2D eigenvalue weighted by atomic mass is 9.60. The van der Waals surface area contributed by atoms with E-state index in [0.717, 1.165) is 11.1 Å². The van der Waals surface area contributed by atoms with Crippen LogP contribution in [-0.4, -0.2) is 53.7 Å². The molecule has 1 aromatic carbocycles. The van der Waals surface area contributed by atoms with Gasteiger partial charge in [-0.25, -0.2) is 4.79 Å². The number of carboxylic acid groups (broad SMARTS) is 1. The number of nitrogens with one attached hydrogen (secondary N) is 1. The first-order valence-electron chi connectivity index (χ1n) is 11.6. The molecule has 3 unspecified atom stereocenters. The predicted molar refractivity (Wildman–Crippen MR) is 142 cm³/mol. The van der Waals surface area contributed by atoms with Crippen LogP contribution in [0.5, 0.6) is 5.75 Å². The van der Waals surface area contributed by atoms with E-state index < -0.39 is 29.3 Å². The quantitative estimate of drug-likeness (QED) is 0.371. The molecule has 37 heavy (non-hydrogen) atoms. The minimum atomic E-state index is -1.37. The number of allylic oxidation sites excluding steroid dienone is 1. The summed E-state index contributed by atoms with van der Waals surface area (Å²) in [6, 6.07) is 8.89.